The van der Waals surface area contributed by atoms with Crippen LogP contribution in [0.2, 0.25) is 0 Å². The first kappa shape index (κ1) is 19.9. The molecule has 0 saturated carbocycles. The number of benzene rings is 2. The quantitative estimate of drug-likeness (QED) is 0.704. The Hall–Kier alpha value is -2.40. The summed E-state index contributed by atoms with van der Waals surface area (Å²) >= 11 is 0. The van der Waals surface area contributed by atoms with Crippen LogP contribution in [0, 0.1) is 11.7 Å². The predicted octanol–water partition coefficient (Wildman–Crippen LogP) is 4.43. The second kappa shape index (κ2) is 9.40. The van der Waals surface area contributed by atoms with E-state index in [9.17, 15) is 9.18 Å². The van der Waals surface area contributed by atoms with Crippen LogP contribution >= 0.6 is 0 Å². The molecule has 4 nitrogen and oxygen atoms in total. The third-order valence-electron chi connectivity index (χ3n) is 6.00. The second-order valence-corrected chi connectivity index (χ2v) is 8.16. The molecule has 1 amide bonds. The number of ether oxygens (including phenoxy) is 1. The van der Waals surface area contributed by atoms with Crippen LogP contribution in [0.3, 0.4) is 0 Å². The van der Waals surface area contributed by atoms with Crippen molar-refractivity contribution < 1.29 is 13.9 Å². The van der Waals surface area contributed by atoms with Crippen LogP contribution in [0.4, 0.5) is 10.1 Å². The fraction of sp³-hybridized carbons (Fsp3) is 0.458. The minimum Gasteiger partial charge on any atom is -0.490 e. The van der Waals surface area contributed by atoms with Gasteiger partial charge in [-0.05, 0) is 68.3 Å². The lowest BCUT2D eigenvalue weighted by atomic mass is 9.90. The van der Waals surface area contributed by atoms with Gasteiger partial charge >= 0.3 is 0 Å². The molecular formula is C24H29FN2O2. The van der Waals surface area contributed by atoms with E-state index in [1.165, 1.54) is 30.9 Å². The number of nitrogens with zero attached hydrogens (tertiary/aromatic N) is 1. The first-order valence-corrected chi connectivity index (χ1v) is 10.7. The van der Waals surface area contributed by atoms with Crippen LogP contribution in [0.1, 0.15) is 36.8 Å². The molecule has 2 aliphatic heterocycles. The highest BCUT2D eigenvalue weighted by atomic mass is 19.1. The van der Waals surface area contributed by atoms with Crippen molar-refractivity contribution in [2.45, 2.75) is 38.5 Å². The molecule has 2 aromatic carbocycles. The fourth-order valence-electron chi connectivity index (χ4n) is 4.32. The molecule has 154 valence electrons. The average Bonchev–Trinajstić information content (AvgIpc) is 2.73. The van der Waals surface area contributed by atoms with Crippen molar-refractivity contribution in [1.82, 2.24) is 4.90 Å². The van der Waals surface area contributed by atoms with E-state index in [4.69, 9.17) is 4.74 Å². The molecule has 5 heteroatoms. The van der Waals surface area contributed by atoms with Gasteiger partial charge in [-0.1, -0.05) is 30.3 Å². The summed E-state index contributed by atoms with van der Waals surface area (Å²) in [6.45, 7) is 3.70. The molecule has 2 aliphatic rings. The van der Waals surface area contributed by atoms with Gasteiger partial charge in [0, 0.05) is 24.7 Å². The molecule has 0 aromatic heterocycles. The summed E-state index contributed by atoms with van der Waals surface area (Å²) in [5.74, 6) is 0.629. The van der Waals surface area contributed by atoms with Crippen molar-refractivity contribution in [3.8, 4) is 5.75 Å². The lowest BCUT2D eigenvalue weighted by molar-refractivity contribution is -0.116. The summed E-state index contributed by atoms with van der Waals surface area (Å²) in [5.41, 5.74) is 2.95. The Bertz CT molecular complexity index is 832. The molecule has 0 radical (unpaired) electrons. The molecule has 4 rings (SSSR count). The van der Waals surface area contributed by atoms with Gasteiger partial charge in [0.1, 0.15) is 0 Å². The zero-order valence-corrected chi connectivity index (χ0v) is 16.8. The maximum absolute atomic E-state index is 14.2. The highest BCUT2D eigenvalue weighted by molar-refractivity contribution is 5.94. The van der Waals surface area contributed by atoms with E-state index in [2.05, 4.69) is 40.5 Å². The Labute approximate surface area is 172 Å². The lowest BCUT2D eigenvalue weighted by Gasteiger charge is -2.32. The summed E-state index contributed by atoms with van der Waals surface area (Å²) in [6.07, 6.45) is 5.50. The van der Waals surface area contributed by atoms with Gasteiger partial charge in [-0.3, -0.25) is 4.79 Å². The van der Waals surface area contributed by atoms with Gasteiger partial charge in [0.05, 0.1) is 6.61 Å². The largest absolute Gasteiger partial charge is 0.490 e. The number of hydrogen-bond donors (Lipinski definition) is 1. The summed E-state index contributed by atoms with van der Waals surface area (Å²) in [7, 11) is 0. The average molecular weight is 397 g/mol. The van der Waals surface area contributed by atoms with Crippen molar-refractivity contribution in [2.24, 2.45) is 5.92 Å². The van der Waals surface area contributed by atoms with E-state index in [0.29, 0.717) is 25.1 Å². The van der Waals surface area contributed by atoms with Crippen LogP contribution in [0.25, 0.3) is 0 Å². The molecule has 0 bridgehead atoms. The molecule has 29 heavy (non-hydrogen) atoms. The Kier molecular flexibility index (Phi) is 6.45. The summed E-state index contributed by atoms with van der Waals surface area (Å²) < 4.78 is 19.9. The smallest absolute Gasteiger partial charge is 0.224 e. The first-order valence-electron chi connectivity index (χ1n) is 10.7. The Morgan fingerprint density at radius 1 is 1.10 bits per heavy atom. The maximum Gasteiger partial charge on any atom is 0.224 e. The lowest BCUT2D eigenvalue weighted by Crippen LogP contribution is -2.35. The highest BCUT2D eigenvalue weighted by Crippen LogP contribution is 2.30. The Balaban J connectivity index is 1.18. The monoisotopic (exact) mass is 396 g/mol. The van der Waals surface area contributed by atoms with E-state index in [-0.39, 0.29) is 17.5 Å². The zero-order valence-electron chi connectivity index (χ0n) is 16.8. The maximum atomic E-state index is 14.2. The molecule has 0 atom stereocenters. The molecule has 2 aromatic rings. The van der Waals surface area contributed by atoms with Crippen LogP contribution in [-0.2, 0) is 17.6 Å². The minimum atomic E-state index is -0.346. The number of carbonyl (C=O) groups excluding carboxylic acids is 1. The van der Waals surface area contributed by atoms with Gasteiger partial charge in [0.15, 0.2) is 11.6 Å². The second-order valence-electron chi connectivity index (χ2n) is 8.16. The van der Waals surface area contributed by atoms with Crippen molar-refractivity contribution in [2.75, 3.05) is 31.6 Å². The highest BCUT2D eigenvalue weighted by Gasteiger charge is 2.20. The molecule has 1 saturated heterocycles. The molecule has 2 heterocycles. The van der Waals surface area contributed by atoms with Gasteiger partial charge < -0.3 is 15.0 Å². The van der Waals surface area contributed by atoms with Crippen molar-refractivity contribution in [3.63, 3.8) is 0 Å². The van der Waals surface area contributed by atoms with Gasteiger partial charge in [0.25, 0.3) is 0 Å². The van der Waals surface area contributed by atoms with Gasteiger partial charge in [-0.25, -0.2) is 4.39 Å². The van der Waals surface area contributed by atoms with Gasteiger partial charge in [-0.2, -0.15) is 0 Å². The topological polar surface area (TPSA) is 41.6 Å². The number of rotatable bonds is 7. The number of likely N-dealkylation sites (tertiary alicyclic amines) is 1. The first-order chi connectivity index (χ1) is 14.2. The van der Waals surface area contributed by atoms with E-state index in [1.54, 1.807) is 6.07 Å². The van der Waals surface area contributed by atoms with Crippen molar-refractivity contribution in [1.29, 1.82) is 0 Å². The van der Waals surface area contributed by atoms with Crippen LogP contribution in [-0.4, -0.2) is 37.0 Å². The third kappa shape index (κ3) is 5.36. The number of hydrogen-bond acceptors (Lipinski definition) is 3. The number of aryl methyl sites for hydroxylation is 1. The number of halogens is 1. The van der Waals surface area contributed by atoms with E-state index in [1.807, 2.05) is 0 Å². The minimum absolute atomic E-state index is 0.0225. The molecule has 0 unspecified atom stereocenters. The molecule has 0 spiro atoms. The Morgan fingerprint density at radius 3 is 2.69 bits per heavy atom. The SMILES string of the molecule is O=C1CCc2cc(F)c(OCCCN3CCC(Cc4ccccc4)CC3)cc2N1. The van der Waals surface area contributed by atoms with Crippen LogP contribution < -0.4 is 10.1 Å². The number of fused-ring (bicyclic) bond motifs is 1. The molecule has 1 fully saturated rings. The molecule has 1 N–H and O–H groups in total. The predicted molar refractivity (Wildman–Crippen MR) is 113 cm³/mol. The Morgan fingerprint density at radius 2 is 1.90 bits per heavy atom. The van der Waals surface area contributed by atoms with Crippen LogP contribution in [0.15, 0.2) is 42.5 Å². The van der Waals surface area contributed by atoms with Crippen molar-refractivity contribution >= 4 is 11.6 Å². The number of amides is 1. The fourth-order valence-corrected chi connectivity index (χ4v) is 4.32. The van der Waals surface area contributed by atoms with E-state index >= 15 is 0 Å². The zero-order chi connectivity index (χ0) is 20.1. The molecular weight excluding hydrogens is 367 g/mol. The third-order valence-corrected chi connectivity index (χ3v) is 6.00. The van der Waals surface area contributed by atoms with Crippen LogP contribution in [0.5, 0.6) is 5.75 Å². The summed E-state index contributed by atoms with van der Waals surface area (Å²) in [5, 5.41) is 2.80. The van der Waals surface area contributed by atoms with Gasteiger partial charge in [-0.15, -0.1) is 0 Å². The van der Waals surface area contributed by atoms with Crippen molar-refractivity contribution in [3.05, 3.63) is 59.4 Å². The number of carbonyl (C=O) groups is 1. The number of piperidine rings is 1. The summed E-state index contributed by atoms with van der Waals surface area (Å²) in [4.78, 5) is 14.0. The number of anilines is 1. The van der Waals surface area contributed by atoms with Gasteiger partial charge in [0.2, 0.25) is 5.91 Å². The summed E-state index contributed by atoms with van der Waals surface area (Å²) in [6, 6.07) is 13.8. The molecule has 0 aliphatic carbocycles. The normalized spacial score (nSPS) is 17.6. The van der Waals surface area contributed by atoms with E-state index in [0.717, 1.165) is 37.5 Å². The standard InChI is InChI=1S/C24H29FN2O2/c25-21-16-20-7-8-24(28)26-22(20)17-23(21)29-14-4-11-27-12-9-19(10-13-27)15-18-5-2-1-3-6-18/h1-3,5-6,16-17,19H,4,7-15H2,(H,26,28). The number of nitrogens with one attached hydrogen (secondary N) is 1. The van der Waals surface area contributed by atoms with E-state index < -0.39 is 0 Å².